The first-order valence-electron chi connectivity index (χ1n) is 6.67. The normalized spacial score (nSPS) is 10.8. The van der Waals surface area contributed by atoms with Crippen LogP contribution in [-0.4, -0.2) is 59.7 Å². The summed E-state index contributed by atoms with van der Waals surface area (Å²) in [5.41, 5.74) is 0. The van der Waals surface area contributed by atoms with Crippen molar-refractivity contribution < 1.29 is 14.2 Å². The number of nitrogens with one attached hydrogen (secondary N) is 1. The highest BCUT2D eigenvalue weighted by Crippen LogP contribution is 2.29. The Kier molecular flexibility index (Phi) is 8.52. The lowest BCUT2D eigenvalue weighted by atomic mass is 10.4. The Morgan fingerprint density at radius 2 is 2.00 bits per heavy atom. The number of aromatic nitrogens is 1. The molecule has 116 valence electrons. The standard InChI is InChI=1S/C13H25N3O3S/c1-16(2)13-15-12(18-4)11(20-13)10-14-6-5-7-19-9-8-17-3/h14H,5-10H2,1-4H3. The average Bonchev–Trinajstić information content (AvgIpc) is 2.85. The van der Waals surface area contributed by atoms with Crippen molar-refractivity contribution >= 4 is 16.5 Å². The van der Waals surface area contributed by atoms with Crippen LogP contribution in [0.2, 0.25) is 0 Å². The van der Waals surface area contributed by atoms with Gasteiger partial charge in [-0.3, -0.25) is 0 Å². The third kappa shape index (κ3) is 6.04. The Morgan fingerprint density at radius 3 is 2.65 bits per heavy atom. The molecule has 0 saturated heterocycles. The first kappa shape index (κ1) is 17.2. The SMILES string of the molecule is COCCOCCCNCc1sc(N(C)C)nc1OC. The van der Waals surface area contributed by atoms with Crippen molar-refractivity contribution in [3.05, 3.63) is 4.88 Å². The highest BCUT2D eigenvalue weighted by Gasteiger charge is 2.12. The maximum Gasteiger partial charge on any atom is 0.230 e. The molecule has 1 aromatic rings. The highest BCUT2D eigenvalue weighted by molar-refractivity contribution is 7.15. The molecule has 0 spiro atoms. The third-order valence-corrected chi connectivity index (χ3v) is 3.79. The summed E-state index contributed by atoms with van der Waals surface area (Å²) in [5, 5.41) is 4.34. The minimum atomic E-state index is 0.652. The first-order chi connectivity index (χ1) is 9.69. The lowest BCUT2D eigenvalue weighted by Gasteiger charge is -2.05. The molecular weight excluding hydrogens is 278 g/mol. The quantitative estimate of drug-likeness (QED) is 0.623. The monoisotopic (exact) mass is 303 g/mol. The minimum absolute atomic E-state index is 0.652. The molecule has 0 aromatic carbocycles. The smallest absolute Gasteiger partial charge is 0.230 e. The van der Waals surface area contributed by atoms with Crippen LogP contribution in [0.25, 0.3) is 0 Å². The molecule has 0 bridgehead atoms. The molecule has 0 fully saturated rings. The van der Waals surface area contributed by atoms with Gasteiger partial charge in [-0.15, -0.1) is 0 Å². The summed E-state index contributed by atoms with van der Waals surface area (Å²) in [5.74, 6) is 0.711. The molecule has 1 rings (SSSR count). The third-order valence-electron chi connectivity index (χ3n) is 2.59. The second-order valence-electron chi connectivity index (χ2n) is 4.46. The van der Waals surface area contributed by atoms with Crippen LogP contribution in [0.4, 0.5) is 5.13 Å². The van der Waals surface area contributed by atoms with Crippen LogP contribution < -0.4 is 15.0 Å². The zero-order valence-corrected chi connectivity index (χ0v) is 13.6. The van der Waals surface area contributed by atoms with Gasteiger partial charge >= 0.3 is 0 Å². The summed E-state index contributed by atoms with van der Waals surface area (Å²) in [6, 6.07) is 0. The van der Waals surface area contributed by atoms with Crippen LogP contribution in [0.1, 0.15) is 11.3 Å². The number of nitrogens with zero attached hydrogens (tertiary/aromatic N) is 2. The predicted molar refractivity (Wildman–Crippen MR) is 82.0 cm³/mol. The first-order valence-corrected chi connectivity index (χ1v) is 7.49. The predicted octanol–water partition coefficient (Wildman–Crippen LogP) is 1.36. The zero-order valence-electron chi connectivity index (χ0n) is 12.8. The van der Waals surface area contributed by atoms with Crippen molar-refractivity contribution in [2.75, 3.05) is 59.6 Å². The van der Waals surface area contributed by atoms with Crippen molar-refractivity contribution in [2.45, 2.75) is 13.0 Å². The molecule has 0 radical (unpaired) electrons. The Labute approximate surface area is 125 Å². The van der Waals surface area contributed by atoms with Gasteiger partial charge in [0.1, 0.15) is 0 Å². The molecule has 0 unspecified atom stereocenters. The Balaban J connectivity index is 2.21. The fourth-order valence-corrected chi connectivity index (χ4v) is 2.46. The fourth-order valence-electron chi connectivity index (χ4n) is 1.53. The lowest BCUT2D eigenvalue weighted by molar-refractivity contribution is 0.0695. The van der Waals surface area contributed by atoms with Crippen molar-refractivity contribution in [3.8, 4) is 5.88 Å². The van der Waals surface area contributed by atoms with E-state index in [-0.39, 0.29) is 0 Å². The fraction of sp³-hybridized carbons (Fsp3) is 0.769. The summed E-state index contributed by atoms with van der Waals surface area (Å²) in [7, 11) is 7.29. The Morgan fingerprint density at radius 1 is 1.20 bits per heavy atom. The van der Waals surface area contributed by atoms with Gasteiger partial charge in [0.25, 0.3) is 0 Å². The lowest BCUT2D eigenvalue weighted by Crippen LogP contribution is -2.16. The number of thiazole rings is 1. The van der Waals surface area contributed by atoms with Crippen LogP contribution >= 0.6 is 11.3 Å². The van der Waals surface area contributed by atoms with Crippen LogP contribution in [0, 0.1) is 0 Å². The van der Waals surface area contributed by atoms with Gasteiger partial charge in [-0.25, -0.2) is 0 Å². The number of hydrogen-bond acceptors (Lipinski definition) is 7. The molecule has 20 heavy (non-hydrogen) atoms. The second kappa shape index (κ2) is 9.93. The van der Waals surface area contributed by atoms with Crippen LogP contribution in [0.3, 0.4) is 0 Å². The molecule has 0 aliphatic heterocycles. The largest absolute Gasteiger partial charge is 0.480 e. The molecule has 0 saturated carbocycles. The van der Waals surface area contributed by atoms with Crippen LogP contribution in [0.5, 0.6) is 5.88 Å². The van der Waals surface area contributed by atoms with Gasteiger partial charge in [-0.2, -0.15) is 4.98 Å². The Bertz CT molecular complexity index is 372. The molecule has 0 atom stereocenters. The van der Waals surface area contributed by atoms with E-state index in [1.807, 2.05) is 19.0 Å². The molecule has 7 heteroatoms. The van der Waals surface area contributed by atoms with E-state index in [4.69, 9.17) is 14.2 Å². The molecule has 1 heterocycles. The van der Waals surface area contributed by atoms with Crippen molar-refractivity contribution in [1.82, 2.24) is 10.3 Å². The second-order valence-corrected chi connectivity index (χ2v) is 5.52. The maximum atomic E-state index is 5.40. The summed E-state index contributed by atoms with van der Waals surface area (Å²) in [4.78, 5) is 7.53. The van der Waals surface area contributed by atoms with E-state index in [1.165, 1.54) is 0 Å². The van der Waals surface area contributed by atoms with Crippen molar-refractivity contribution in [1.29, 1.82) is 0 Å². The number of anilines is 1. The number of hydrogen-bond donors (Lipinski definition) is 1. The van der Waals surface area contributed by atoms with E-state index in [1.54, 1.807) is 25.6 Å². The van der Waals surface area contributed by atoms with Gasteiger partial charge in [-0.1, -0.05) is 11.3 Å². The molecule has 0 aliphatic rings. The highest BCUT2D eigenvalue weighted by atomic mass is 32.1. The van der Waals surface area contributed by atoms with E-state index in [0.717, 1.165) is 36.1 Å². The maximum absolute atomic E-state index is 5.40. The van der Waals surface area contributed by atoms with Gasteiger partial charge in [-0.05, 0) is 13.0 Å². The van der Waals surface area contributed by atoms with Gasteiger partial charge in [0.15, 0.2) is 5.13 Å². The van der Waals surface area contributed by atoms with Crippen LogP contribution in [0.15, 0.2) is 0 Å². The Hall–Kier alpha value is -0.890. The van der Waals surface area contributed by atoms with Crippen LogP contribution in [-0.2, 0) is 16.0 Å². The molecule has 6 nitrogen and oxygen atoms in total. The van der Waals surface area contributed by atoms with E-state index in [9.17, 15) is 0 Å². The topological polar surface area (TPSA) is 55.9 Å². The van der Waals surface area contributed by atoms with E-state index >= 15 is 0 Å². The molecular formula is C13H25N3O3S. The van der Waals surface area contributed by atoms with Gasteiger partial charge < -0.3 is 24.4 Å². The minimum Gasteiger partial charge on any atom is -0.480 e. The van der Waals surface area contributed by atoms with E-state index in [0.29, 0.717) is 19.1 Å². The van der Waals surface area contributed by atoms with E-state index in [2.05, 4.69) is 10.3 Å². The number of methoxy groups -OCH3 is 2. The summed E-state index contributed by atoms with van der Waals surface area (Å²) in [6.07, 6.45) is 0.978. The number of rotatable bonds is 11. The molecule has 0 aliphatic carbocycles. The van der Waals surface area contributed by atoms with E-state index < -0.39 is 0 Å². The number of ether oxygens (including phenoxy) is 3. The summed E-state index contributed by atoms with van der Waals surface area (Å²) >= 11 is 1.65. The van der Waals surface area contributed by atoms with Gasteiger partial charge in [0.2, 0.25) is 5.88 Å². The van der Waals surface area contributed by atoms with Crippen molar-refractivity contribution in [3.63, 3.8) is 0 Å². The average molecular weight is 303 g/mol. The summed E-state index contributed by atoms with van der Waals surface area (Å²) < 4.78 is 15.6. The van der Waals surface area contributed by atoms with Gasteiger partial charge in [0, 0.05) is 34.4 Å². The van der Waals surface area contributed by atoms with Gasteiger partial charge in [0.05, 0.1) is 25.2 Å². The molecule has 1 N–H and O–H groups in total. The summed E-state index contributed by atoms with van der Waals surface area (Å²) in [6.45, 7) is 3.74. The molecule has 0 amide bonds. The zero-order chi connectivity index (χ0) is 14.8. The van der Waals surface area contributed by atoms with Crippen molar-refractivity contribution in [2.24, 2.45) is 0 Å². The molecule has 1 aromatic heterocycles.